The van der Waals surface area contributed by atoms with Crippen LogP contribution in [0.2, 0.25) is 0 Å². The molecule has 3 aromatic rings. The van der Waals surface area contributed by atoms with Crippen molar-refractivity contribution in [1.82, 2.24) is 14.9 Å². The molecular weight excluding hydrogens is 337 g/mol. The van der Waals surface area contributed by atoms with E-state index in [1.807, 2.05) is 30.3 Å². The van der Waals surface area contributed by atoms with Crippen LogP contribution in [0.25, 0.3) is 0 Å². The summed E-state index contributed by atoms with van der Waals surface area (Å²) < 4.78 is 25.2. The van der Waals surface area contributed by atoms with Crippen molar-refractivity contribution in [3.63, 3.8) is 0 Å². The number of carbonyl (C=O) groups is 1. The van der Waals surface area contributed by atoms with Crippen molar-refractivity contribution >= 4 is 5.91 Å². The van der Waals surface area contributed by atoms with E-state index in [2.05, 4.69) is 9.97 Å². The summed E-state index contributed by atoms with van der Waals surface area (Å²) in [7, 11) is 0. The van der Waals surface area contributed by atoms with Gasteiger partial charge in [-0.3, -0.25) is 4.79 Å². The molecule has 0 aliphatic carbocycles. The van der Waals surface area contributed by atoms with E-state index in [9.17, 15) is 9.18 Å². The zero-order valence-corrected chi connectivity index (χ0v) is 13.9. The number of carbonyl (C=O) groups excluding carboxylic acids is 1. The predicted molar refractivity (Wildman–Crippen MR) is 89.9 cm³/mol. The van der Waals surface area contributed by atoms with Gasteiger partial charge in [-0.2, -0.15) is 0 Å². The minimum Gasteiger partial charge on any atom is -0.484 e. The highest BCUT2D eigenvalue weighted by Crippen LogP contribution is 2.22. The molecule has 7 heteroatoms. The summed E-state index contributed by atoms with van der Waals surface area (Å²) >= 11 is 0. The third-order valence-corrected chi connectivity index (χ3v) is 4.13. The Bertz CT molecular complexity index is 927. The zero-order valence-electron chi connectivity index (χ0n) is 13.9. The molecule has 0 saturated carbocycles. The average molecular weight is 353 g/mol. The van der Waals surface area contributed by atoms with Crippen LogP contribution in [0.15, 0.2) is 53.1 Å². The molecular formula is C19H16FN3O3. The number of hydrogen-bond donors (Lipinski definition) is 0. The number of oxazole rings is 1. The number of benzene rings is 1. The molecule has 1 amide bonds. The minimum absolute atomic E-state index is 0.178. The van der Waals surface area contributed by atoms with Crippen molar-refractivity contribution in [3.05, 3.63) is 77.5 Å². The van der Waals surface area contributed by atoms with Crippen molar-refractivity contribution in [2.24, 2.45) is 0 Å². The van der Waals surface area contributed by atoms with E-state index >= 15 is 0 Å². The van der Waals surface area contributed by atoms with E-state index in [0.717, 1.165) is 11.4 Å². The van der Waals surface area contributed by atoms with E-state index < -0.39 is 11.7 Å². The first-order valence-electron chi connectivity index (χ1n) is 8.26. The molecule has 1 aliphatic rings. The van der Waals surface area contributed by atoms with Crippen molar-refractivity contribution in [2.45, 2.75) is 19.6 Å². The molecule has 1 aliphatic heterocycles. The fourth-order valence-corrected chi connectivity index (χ4v) is 2.84. The van der Waals surface area contributed by atoms with Crippen LogP contribution >= 0.6 is 0 Å². The number of para-hydroxylation sites is 1. The Kier molecular flexibility index (Phi) is 4.35. The third-order valence-electron chi connectivity index (χ3n) is 4.13. The van der Waals surface area contributed by atoms with Crippen molar-refractivity contribution in [3.8, 4) is 5.75 Å². The number of rotatable bonds is 4. The van der Waals surface area contributed by atoms with Crippen LogP contribution in [0.3, 0.4) is 0 Å². The second kappa shape index (κ2) is 6.95. The van der Waals surface area contributed by atoms with Crippen molar-refractivity contribution in [2.75, 3.05) is 6.54 Å². The molecule has 0 fully saturated rings. The van der Waals surface area contributed by atoms with Gasteiger partial charge in [0.05, 0.1) is 12.2 Å². The summed E-state index contributed by atoms with van der Waals surface area (Å²) in [6.45, 7) is 0.885. The smallest absolute Gasteiger partial charge is 0.275 e. The largest absolute Gasteiger partial charge is 0.484 e. The monoisotopic (exact) mass is 353 g/mol. The summed E-state index contributed by atoms with van der Waals surface area (Å²) in [5, 5.41) is 0. The Balaban J connectivity index is 1.45. The summed E-state index contributed by atoms with van der Waals surface area (Å²) in [5.41, 5.74) is 0.630. The molecule has 0 N–H and O–H groups in total. The van der Waals surface area contributed by atoms with E-state index in [1.54, 1.807) is 0 Å². The number of nitrogens with zero attached hydrogens (tertiary/aromatic N) is 3. The second-order valence-corrected chi connectivity index (χ2v) is 5.89. The maximum atomic E-state index is 13.8. The van der Waals surface area contributed by atoms with Crippen LogP contribution in [0, 0.1) is 5.82 Å². The molecule has 0 radical (unpaired) electrons. The lowest BCUT2D eigenvalue weighted by Gasteiger charge is -2.24. The van der Waals surface area contributed by atoms with Gasteiger partial charge in [0.1, 0.15) is 11.5 Å². The fraction of sp³-hybridized carbons (Fsp3) is 0.211. The molecule has 132 valence electrons. The molecule has 3 heterocycles. The molecule has 0 atom stereocenters. The lowest BCUT2D eigenvalue weighted by atomic mass is 10.1. The van der Waals surface area contributed by atoms with Crippen LogP contribution in [0.5, 0.6) is 5.75 Å². The van der Waals surface area contributed by atoms with Gasteiger partial charge in [-0.1, -0.05) is 18.2 Å². The van der Waals surface area contributed by atoms with Gasteiger partial charge in [0.25, 0.3) is 5.91 Å². The van der Waals surface area contributed by atoms with Gasteiger partial charge in [0.2, 0.25) is 5.89 Å². The maximum Gasteiger partial charge on any atom is 0.275 e. The van der Waals surface area contributed by atoms with Gasteiger partial charge in [-0.15, -0.1) is 0 Å². The molecule has 0 saturated heterocycles. The predicted octanol–water partition coefficient (Wildman–Crippen LogP) is 2.99. The standard InChI is InChI=1S/C19H16FN3O3/c20-14-7-4-9-21-18(14)19(24)23-10-8-15-16(11-23)26-17(22-15)12-25-13-5-2-1-3-6-13/h1-7,9H,8,10-12H2. The summed E-state index contributed by atoms with van der Waals surface area (Å²) in [4.78, 5) is 22.3. The summed E-state index contributed by atoms with van der Waals surface area (Å²) in [6, 6.07) is 12.1. The first kappa shape index (κ1) is 16.3. The molecule has 0 spiro atoms. The van der Waals surface area contributed by atoms with Crippen molar-refractivity contribution < 1.29 is 18.3 Å². The Morgan fingerprint density at radius 3 is 2.88 bits per heavy atom. The van der Waals surface area contributed by atoms with Gasteiger partial charge in [-0.05, 0) is 24.3 Å². The van der Waals surface area contributed by atoms with Crippen LogP contribution in [0.4, 0.5) is 4.39 Å². The van der Waals surface area contributed by atoms with Gasteiger partial charge < -0.3 is 14.1 Å². The van der Waals surface area contributed by atoms with Crippen LogP contribution < -0.4 is 4.74 Å². The number of halogens is 1. The quantitative estimate of drug-likeness (QED) is 0.721. The number of pyridine rings is 1. The molecule has 26 heavy (non-hydrogen) atoms. The van der Waals surface area contributed by atoms with Crippen LogP contribution in [-0.2, 0) is 19.6 Å². The lowest BCUT2D eigenvalue weighted by molar-refractivity contribution is 0.0707. The Morgan fingerprint density at radius 1 is 1.23 bits per heavy atom. The summed E-state index contributed by atoms with van der Waals surface area (Å²) in [5.74, 6) is 0.709. The number of hydrogen-bond acceptors (Lipinski definition) is 5. The number of amides is 1. The molecule has 0 bridgehead atoms. The van der Waals surface area contributed by atoms with Crippen molar-refractivity contribution in [1.29, 1.82) is 0 Å². The highest BCUT2D eigenvalue weighted by molar-refractivity contribution is 5.92. The molecule has 6 nitrogen and oxygen atoms in total. The topological polar surface area (TPSA) is 68.5 Å². The average Bonchev–Trinajstić information content (AvgIpc) is 3.09. The van der Waals surface area contributed by atoms with Gasteiger partial charge in [0.15, 0.2) is 18.1 Å². The van der Waals surface area contributed by atoms with Gasteiger partial charge >= 0.3 is 0 Å². The fourth-order valence-electron chi connectivity index (χ4n) is 2.84. The van der Waals surface area contributed by atoms with E-state index in [-0.39, 0.29) is 18.8 Å². The first-order valence-corrected chi connectivity index (χ1v) is 8.26. The lowest BCUT2D eigenvalue weighted by Crippen LogP contribution is -2.36. The Labute approximate surface area is 149 Å². The van der Waals surface area contributed by atoms with Crippen LogP contribution in [-0.4, -0.2) is 27.3 Å². The Hall–Kier alpha value is -3.22. The highest BCUT2D eigenvalue weighted by Gasteiger charge is 2.28. The number of aromatic nitrogens is 2. The normalized spacial score (nSPS) is 13.3. The Morgan fingerprint density at radius 2 is 2.08 bits per heavy atom. The first-order chi connectivity index (χ1) is 12.7. The number of ether oxygens (including phenoxy) is 1. The van der Waals surface area contributed by atoms with E-state index in [1.165, 1.54) is 23.2 Å². The third kappa shape index (κ3) is 3.28. The molecule has 2 aromatic heterocycles. The second-order valence-electron chi connectivity index (χ2n) is 5.89. The highest BCUT2D eigenvalue weighted by atomic mass is 19.1. The van der Waals surface area contributed by atoms with Crippen LogP contribution in [0.1, 0.15) is 27.8 Å². The SMILES string of the molecule is O=C(c1ncccc1F)N1CCc2nc(COc3ccccc3)oc2C1. The molecule has 1 aromatic carbocycles. The van der Waals surface area contributed by atoms with E-state index in [0.29, 0.717) is 24.6 Å². The molecule has 4 rings (SSSR count). The van der Waals surface area contributed by atoms with Gasteiger partial charge in [-0.25, -0.2) is 14.4 Å². The van der Waals surface area contributed by atoms with E-state index in [4.69, 9.17) is 9.15 Å². The summed E-state index contributed by atoms with van der Waals surface area (Å²) in [6.07, 6.45) is 1.95. The maximum absolute atomic E-state index is 13.8. The molecule has 0 unspecified atom stereocenters. The minimum atomic E-state index is -0.627. The number of fused-ring (bicyclic) bond motifs is 1. The van der Waals surface area contributed by atoms with Gasteiger partial charge in [0, 0.05) is 19.2 Å². The zero-order chi connectivity index (χ0) is 17.9.